The van der Waals surface area contributed by atoms with Crippen molar-refractivity contribution in [1.29, 1.82) is 0 Å². The Morgan fingerprint density at radius 3 is 2.63 bits per heavy atom. The standard InChI is InChI=1S/C13H26N4OS/c1-4-12(11(2)3)15-16-13(19)14-5-6-17-7-9-18-10-8-17/h11H,4-10H2,1-3H3,(H2,14,16,19)/b15-12-. The monoisotopic (exact) mass is 286 g/mol. The van der Waals surface area contributed by atoms with Crippen LogP contribution >= 0.6 is 12.2 Å². The molecule has 0 amide bonds. The molecule has 1 fully saturated rings. The van der Waals surface area contributed by atoms with E-state index in [2.05, 4.69) is 41.5 Å². The van der Waals surface area contributed by atoms with Crippen LogP contribution < -0.4 is 10.7 Å². The summed E-state index contributed by atoms with van der Waals surface area (Å²) in [5.74, 6) is 0.452. The molecule has 1 aliphatic heterocycles. The highest BCUT2D eigenvalue weighted by molar-refractivity contribution is 7.80. The van der Waals surface area contributed by atoms with Crippen LogP contribution in [0, 0.1) is 5.92 Å². The minimum Gasteiger partial charge on any atom is -0.379 e. The minimum absolute atomic E-state index is 0.452. The van der Waals surface area contributed by atoms with Crippen molar-refractivity contribution in [3.8, 4) is 0 Å². The number of hydrogen-bond acceptors (Lipinski definition) is 4. The molecule has 0 aromatic rings. The number of thiocarbonyl (C=S) groups is 1. The van der Waals surface area contributed by atoms with Crippen LogP contribution in [0.25, 0.3) is 0 Å². The third kappa shape index (κ3) is 6.84. The van der Waals surface area contributed by atoms with E-state index in [1.165, 1.54) is 0 Å². The molecule has 19 heavy (non-hydrogen) atoms. The van der Waals surface area contributed by atoms with Crippen molar-refractivity contribution < 1.29 is 4.74 Å². The van der Waals surface area contributed by atoms with Crippen LogP contribution in [-0.2, 0) is 4.74 Å². The Morgan fingerprint density at radius 2 is 2.05 bits per heavy atom. The molecule has 0 unspecified atom stereocenters. The van der Waals surface area contributed by atoms with E-state index in [-0.39, 0.29) is 0 Å². The molecular formula is C13H26N4OS. The molecule has 0 aromatic heterocycles. The Bertz CT molecular complexity index is 301. The molecule has 0 aliphatic carbocycles. The van der Waals surface area contributed by atoms with Gasteiger partial charge in [-0.25, -0.2) is 0 Å². The number of nitrogens with zero attached hydrogens (tertiary/aromatic N) is 2. The van der Waals surface area contributed by atoms with E-state index in [0.29, 0.717) is 11.0 Å². The SMILES string of the molecule is CC/C(=N/NC(=S)NCCN1CCOCC1)C(C)C. The van der Waals surface area contributed by atoms with Gasteiger partial charge in [0.1, 0.15) is 0 Å². The summed E-state index contributed by atoms with van der Waals surface area (Å²) >= 11 is 5.20. The molecule has 6 heteroatoms. The predicted octanol–water partition coefficient (Wildman–Crippen LogP) is 1.20. The molecule has 110 valence electrons. The van der Waals surface area contributed by atoms with E-state index in [0.717, 1.165) is 51.5 Å². The van der Waals surface area contributed by atoms with Gasteiger partial charge in [-0.05, 0) is 24.6 Å². The van der Waals surface area contributed by atoms with Gasteiger partial charge in [-0.3, -0.25) is 10.3 Å². The van der Waals surface area contributed by atoms with Gasteiger partial charge in [0.25, 0.3) is 0 Å². The summed E-state index contributed by atoms with van der Waals surface area (Å²) in [5, 5.41) is 8.11. The largest absolute Gasteiger partial charge is 0.379 e. The van der Waals surface area contributed by atoms with Gasteiger partial charge >= 0.3 is 0 Å². The van der Waals surface area contributed by atoms with Crippen LogP contribution in [0.4, 0.5) is 0 Å². The van der Waals surface area contributed by atoms with E-state index in [9.17, 15) is 0 Å². The summed E-state index contributed by atoms with van der Waals surface area (Å²) in [7, 11) is 0. The van der Waals surface area contributed by atoms with E-state index >= 15 is 0 Å². The molecular weight excluding hydrogens is 260 g/mol. The lowest BCUT2D eigenvalue weighted by Crippen LogP contribution is -2.43. The first-order chi connectivity index (χ1) is 9.13. The van der Waals surface area contributed by atoms with Crippen LogP contribution in [-0.4, -0.2) is 55.1 Å². The number of nitrogens with one attached hydrogen (secondary N) is 2. The number of hydrazone groups is 1. The molecule has 0 bridgehead atoms. The summed E-state index contributed by atoms with van der Waals surface area (Å²) in [6, 6.07) is 0. The van der Waals surface area contributed by atoms with Crippen molar-refractivity contribution in [2.24, 2.45) is 11.0 Å². The molecule has 1 rings (SSSR count). The van der Waals surface area contributed by atoms with Crippen LogP contribution in [0.3, 0.4) is 0 Å². The fraction of sp³-hybridized carbons (Fsp3) is 0.846. The Morgan fingerprint density at radius 1 is 1.37 bits per heavy atom. The van der Waals surface area contributed by atoms with Gasteiger partial charge in [-0.1, -0.05) is 20.8 Å². The molecule has 1 aliphatic rings. The second-order valence-electron chi connectivity index (χ2n) is 4.93. The molecule has 1 heterocycles. The zero-order valence-electron chi connectivity index (χ0n) is 12.2. The van der Waals surface area contributed by atoms with Crippen LogP contribution in [0.5, 0.6) is 0 Å². The second kappa shape index (κ2) is 9.23. The van der Waals surface area contributed by atoms with E-state index < -0.39 is 0 Å². The average molecular weight is 286 g/mol. The van der Waals surface area contributed by atoms with Gasteiger partial charge in [-0.2, -0.15) is 5.10 Å². The fourth-order valence-electron chi connectivity index (χ4n) is 1.93. The number of morpholine rings is 1. The minimum atomic E-state index is 0.452. The third-order valence-electron chi connectivity index (χ3n) is 3.15. The van der Waals surface area contributed by atoms with Crippen molar-refractivity contribution >= 4 is 23.0 Å². The quantitative estimate of drug-likeness (QED) is 0.437. The van der Waals surface area contributed by atoms with Gasteiger partial charge < -0.3 is 10.1 Å². The van der Waals surface area contributed by atoms with Gasteiger partial charge in [0, 0.05) is 31.9 Å². The van der Waals surface area contributed by atoms with E-state index in [4.69, 9.17) is 17.0 Å². The molecule has 0 radical (unpaired) electrons. The first kappa shape index (κ1) is 16.3. The molecule has 5 nitrogen and oxygen atoms in total. The van der Waals surface area contributed by atoms with Crippen molar-refractivity contribution in [2.75, 3.05) is 39.4 Å². The van der Waals surface area contributed by atoms with Crippen LogP contribution in [0.1, 0.15) is 27.2 Å². The van der Waals surface area contributed by atoms with Crippen molar-refractivity contribution in [3.63, 3.8) is 0 Å². The average Bonchev–Trinajstić information content (AvgIpc) is 2.40. The zero-order chi connectivity index (χ0) is 14.1. The zero-order valence-corrected chi connectivity index (χ0v) is 13.1. The molecule has 0 aromatic carbocycles. The predicted molar refractivity (Wildman–Crippen MR) is 83.6 cm³/mol. The lowest BCUT2D eigenvalue weighted by Gasteiger charge is -2.26. The van der Waals surface area contributed by atoms with Gasteiger partial charge in [-0.15, -0.1) is 0 Å². The Balaban J connectivity index is 2.16. The number of ether oxygens (including phenoxy) is 1. The Hall–Kier alpha value is -0.720. The molecule has 2 N–H and O–H groups in total. The first-order valence-corrected chi connectivity index (χ1v) is 7.44. The van der Waals surface area contributed by atoms with Crippen LogP contribution in [0.2, 0.25) is 0 Å². The van der Waals surface area contributed by atoms with Crippen molar-refractivity contribution in [2.45, 2.75) is 27.2 Å². The lowest BCUT2D eigenvalue weighted by molar-refractivity contribution is 0.0389. The van der Waals surface area contributed by atoms with Crippen LogP contribution in [0.15, 0.2) is 5.10 Å². The molecule has 1 saturated heterocycles. The summed E-state index contributed by atoms with van der Waals surface area (Å²) in [6.45, 7) is 11.9. The summed E-state index contributed by atoms with van der Waals surface area (Å²) < 4.78 is 5.31. The molecule has 0 spiro atoms. The normalized spacial score (nSPS) is 17.6. The summed E-state index contributed by atoms with van der Waals surface area (Å²) in [5.41, 5.74) is 4.05. The molecule has 0 atom stereocenters. The maximum Gasteiger partial charge on any atom is 0.186 e. The highest BCUT2D eigenvalue weighted by atomic mass is 32.1. The van der Waals surface area contributed by atoms with Crippen molar-refractivity contribution in [3.05, 3.63) is 0 Å². The fourth-order valence-corrected chi connectivity index (χ4v) is 2.08. The van der Waals surface area contributed by atoms with E-state index in [1.54, 1.807) is 0 Å². The number of rotatable bonds is 6. The highest BCUT2D eigenvalue weighted by Crippen LogP contribution is 1.99. The molecule has 0 saturated carbocycles. The maximum absolute atomic E-state index is 5.31. The van der Waals surface area contributed by atoms with Gasteiger partial charge in [0.2, 0.25) is 0 Å². The van der Waals surface area contributed by atoms with Crippen molar-refractivity contribution in [1.82, 2.24) is 15.6 Å². The first-order valence-electron chi connectivity index (χ1n) is 7.03. The maximum atomic E-state index is 5.31. The summed E-state index contributed by atoms with van der Waals surface area (Å²) in [6.07, 6.45) is 0.945. The Kier molecular flexibility index (Phi) is 7.93. The highest BCUT2D eigenvalue weighted by Gasteiger charge is 2.09. The smallest absolute Gasteiger partial charge is 0.186 e. The second-order valence-corrected chi connectivity index (χ2v) is 5.34. The summed E-state index contributed by atoms with van der Waals surface area (Å²) in [4.78, 5) is 2.37. The third-order valence-corrected chi connectivity index (χ3v) is 3.38. The number of hydrogen-bond donors (Lipinski definition) is 2. The van der Waals surface area contributed by atoms with E-state index in [1.807, 2.05) is 0 Å². The van der Waals surface area contributed by atoms with Gasteiger partial charge in [0.15, 0.2) is 5.11 Å². The topological polar surface area (TPSA) is 48.9 Å². The van der Waals surface area contributed by atoms with Gasteiger partial charge in [0.05, 0.1) is 13.2 Å². The Labute approximate surface area is 121 Å². The lowest BCUT2D eigenvalue weighted by atomic mass is 10.1.